The van der Waals surface area contributed by atoms with E-state index in [0.717, 1.165) is 19.3 Å². The molecule has 0 aromatic carbocycles. The van der Waals surface area contributed by atoms with Gasteiger partial charge in [-0.25, -0.2) is 4.79 Å². The first-order chi connectivity index (χ1) is 14.3. The smallest absolute Gasteiger partial charge is 0.326 e. The van der Waals surface area contributed by atoms with Crippen LogP contribution in [0.4, 0.5) is 0 Å². The second kappa shape index (κ2) is 17.7. The summed E-state index contributed by atoms with van der Waals surface area (Å²) in [6.45, 7) is 3.72. The number of nitrogens with one attached hydrogen (secondary N) is 2. The molecule has 8 heteroatoms. The molecule has 5 N–H and O–H groups in total. The van der Waals surface area contributed by atoms with Crippen LogP contribution in [-0.2, 0) is 19.2 Å². The van der Waals surface area contributed by atoms with Crippen molar-refractivity contribution in [3.8, 4) is 0 Å². The van der Waals surface area contributed by atoms with Crippen LogP contribution in [0, 0.1) is 0 Å². The van der Waals surface area contributed by atoms with Crippen molar-refractivity contribution in [3.05, 3.63) is 0 Å². The summed E-state index contributed by atoms with van der Waals surface area (Å²) in [6, 6.07) is -2.06. The first-order valence-corrected chi connectivity index (χ1v) is 11.4. The maximum Gasteiger partial charge on any atom is 0.326 e. The predicted molar refractivity (Wildman–Crippen MR) is 117 cm³/mol. The molecule has 0 aromatic heterocycles. The number of carboxylic acid groups (broad SMARTS) is 1. The summed E-state index contributed by atoms with van der Waals surface area (Å²) >= 11 is 0. The molecule has 174 valence electrons. The second-order valence-corrected chi connectivity index (χ2v) is 7.98. The van der Waals surface area contributed by atoms with E-state index >= 15 is 0 Å². The molecule has 0 heterocycles. The Morgan fingerprint density at radius 1 is 0.800 bits per heavy atom. The molecule has 3 amide bonds. The minimum atomic E-state index is -1.25. The number of hydrogen-bond acceptors (Lipinski definition) is 4. The molecular formula is C22H41N3O5. The molecular weight excluding hydrogens is 386 g/mol. The van der Waals surface area contributed by atoms with Gasteiger partial charge in [0.15, 0.2) is 0 Å². The van der Waals surface area contributed by atoms with Gasteiger partial charge in [-0.05, 0) is 19.8 Å². The molecule has 0 aliphatic rings. The van der Waals surface area contributed by atoms with Gasteiger partial charge in [-0.15, -0.1) is 0 Å². The minimum Gasteiger partial charge on any atom is -0.480 e. The highest BCUT2D eigenvalue weighted by Crippen LogP contribution is 2.12. The Morgan fingerprint density at radius 3 is 1.77 bits per heavy atom. The summed E-state index contributed by atoms with van der Waals surface area (Å²) < 4.78 is 0. The molecule has 0 spiro atoms. The van der Waals surface area contributed by atoms with E-state index in [1.165, 1.54) is 58.3 Å². The largest absolute Gasteiger partial charge is 0.480 e. The lowest BCUT2D eigenvalue weighted by molar-refractivity contribution is -0.142. The quantitative estimate of drug-likeness (QED) is 0.235. The Morgan fingerprint density at radius 2 is 1.30 bits per heavy atom. The van der Waals surface area contributed by atoms with Gasteiger partial charge in [0.1, 0.15) is 12.1 Å². The van der Waals surface area contributed by atoms with E-state index in [9.17, 15) is 19.2 Å². The summed E-state index contributed by atoms with van der Waals surface area (Å²) in [5.41, 5.74) is 5.01. The molecule has 0 aromatic rings. The zero-order valence-corrected chi connectivity index (χ0v) is 18.7. The van der Waals surface area contributed by atoms with Gasteiger partial charge in [0.25, 0.3) is 0 Å². The van der Waals surface area contributed by atoms with Crippen molar-refractivity contribution < 1.29 is 24.3 Å². The van der Waals surface area contributed by atoms with E-state index in [-0.39, 0.29) is 18.7 Å². The van der Waals surface area contributed by atoms with Crippen LogP contribution in [0.1, 0.15) is 104 Å². The van der Waals surface area contributed by atoms with Crippen molar-refractivity contribution in [3.63, 3.8) is 0 Å². The van der Waals surface area contributed by atoms with Crippen molar-refractivity contribution in [2.24, 2.45) is 5.73 Å². The van der Waals surface area contributed by atoms with Crippen LogP contribution in [0.15, 0.2) is 0 Å². The average molecular weight is 428 g/mol. The summed E-state index contributed by atoms with van der Waals surface area (Å²) in [5.74, 6) is -2.70. The third-order valence-corrected chi connectivity index (χ3v) is 5.07. The highest BCUT2D eigenvalue weighted by atomic mass is 16.4. The van der Waals surface area contributed by atoms with E-state index in [2.05, 4.69) is 17.6 Å². The van der Waals surface area contributed by atoms with Crippen molar-refractivity contribution in [2.75, 3.05) is 0 Å². The maximum atomic E-state index is 12.1. The lowest BCUT2D eigenvalue weighted by Crippen LogP contribution is -2.50. The lowest BCUT2D eigenvalue weighted by Gasteiger charge is -2.18. The highest BCUT2D eigenvalue weighted by molar-refractivity contribution is 5.90. The second-order valence-electron chi connectivity index (χ2n) is 7.98. The molecule has 0 aliphatic heterocycles. The van der Waals surface area contributed by atoms with Gasteiger partial charge in [-0.1, -0.05) is 71.1 Å². The fraction of sp³-hybridized carbons (Fsp3) is 0.818. The van der Waals surface area contributed by atoms with Gasteiger partial charge in [0, 0.05) is 12.8 Å². The Hall–Kier alpha value is -2.12. The Kier molecular flexibility index (Phi) is 16.5. The van der Waals surface area contributed by atoms with Crippen molar-refractivity contribution in [1.29, 1.82) is 0 Å². The molecule has 0 saturated heterocycles. The number of rotatable bonds is 19. The number of hydrogen-bond donors (Lipinski definition) is 4. The summed E-state index contributed by atoms with van der Waals surface area (Å²) in [4.78, 5) is 46.0. The summed E-state index contributed by atoms with van der Waals surface area (Å²) in [5, 5.41) is 14.0. The number of carboxylic acids is 1. The third kappa shape index (κ3) is 15.8. The van der Waals surface area contributed by atoms with E-state index in [4.69, 9.17) is 10.8 Å². The van der Waals surface area contributed by atoms with Gasteiger partial charge >= 0.3 is 5.97 Å². The summed E-state index contributed by atoms with van der Waals surface area (Å²) in [6.07, 6.45) is 13.3. The number of carbonyl (C=O) groups is 4. The van der Waals surface area contributed by atoms with Crippen LogP contribution >= 0.6 is 0 Å². The zero-order chi connectivity index (χ0) is 22.8. The van der Waals surface area contributed by atoms with Gasteiger partial charge in [0.05, 0.1) is 0 Å². The van der Waals surface area contributed by atoms with Gasteiger partial charge in [-0.3, -0.25) is 14.4 Å². The van der Waals surface area contributed by atoms with Gasteiger partial charge in [-0.2, -0.15) is 0 Å². The topological polar surface area (TPSA) is 139 Å². The number of aliphatic carboxylic acids is 1. The number of carbonyl (C=O) groups excluding carboxylic acids is 3. The van der Waals surface area contributed by atoms with Crippen LogP contribution in [0.2, 0.25) is 0 Å². The van der Waals surface area contributed by atoms with E-state index in [1.807, 2.05) is 0 Å². The minimum absolute atomic E-state index is 0.0875. The molecule has 2 atom stereocenters. The first kappa shape index (κ1) is 27.9. The Labute approximate surface area is 180 Å². The molecule has 0 radical (unpaired) electrons. The Balaban J connectivity index is 3.87. The van der Waals surface area contributed by atoms with E-state index < -0.39 is 29.9 Å². The zero-order valence-electron chi connectivity index (χ0n) is 18.7. The molecule has 0 unspecified atom stereocenters. The van der Waals surface area contributed by atoms with Crippen LogP contribution in [-0.4, -0.2) is 40.9 Å². The number of primary amides is 1. The van der Waals surface area contributed by atoms with Crippen LogP contribution < -0.4 is 16.4 Å². The number of unbranched alkanes of at least 4 members (excludes halogenated alkanes) is 10. The first-order valence-electron chi connectivity index (χ1n) is 11.4. The van der Waals surface area contributed by atoms with Crippen LogP contribution in [0.5, 0.6) is 0 Å². The molecule has 0 bridgehead atoms. The predicted octanol–water partition coefficient (Wildman–Crippen LogP) is 3.03. The lowest BCUT2D eigenvalue weighted by atomic mass is 10.1. The van der Waals surface area contributed by atoms with Crippen LogP contribution in [0.25, 0.3) is 0 Å². The van der Waals surface area contributed by atoms with Crippen molar-refractivity contribution >= 4 is 23.7 Å². The van der Waals surface area contributed by atoms with Gasteiger partial charge < -0.3 is 21.5 Å². The van der Waals surface area contributed by atoms with E-state index in [0.29, 0.717) is 6.42 Å². The SMILES string of the molecule is CCCCCCCCCCCCCC(=O)N[C@@H](C)C(=O)N[C@@H](CCC(N)=O)C(=O)O. The van der Waals surface area contributed by atoms with Crippen molar-refractivity contribution in [1.82, 2.24) is 10.6 Å². The Bertz CT molecular complexity index is 525. The number of amides is 3. The molecule has 0 rings (SSSR count). The maximum absolute atomic E-state index is 12.1. The summed E-state index contributed by atoms with van der Waals surface area (Å²) in [7, 11) is 0. The van der Waals surface area contributed by atoms with Crippen LogP contribution in [0.3, 0.4) is 0 Å². The third-order valence-electron chi connectivity index (χ3n) is 5.07. The standard InChI is InChI=1S/C22H41N3O5/c1-3-4-5-6-7-8-9-10-11-12-13-14-20(27)24-17(2)21(28)25-18(22(29)30)15-16-19(23)26/h17-18H,3-16H2,1-2H3,(H2,23,26)(H,24,27)(H,25,28)(H,29,30)/t17-,18-/m0/s1. The molecule has 0 saturated carbocycles. The van der Waals surface area contributed by atoms with Gasteiger partial charge in [0.2, 0.25) is 17.7 Å². The molecule has 0 aliphatic carbocycles. The molecule has 0 fully saturated rings. The highest BCUT2D eigenvalue weighted by Gasteiger charge is 2.24. The van der Waals surface area contributed by atoms with Crippen molar-refractivity contribution in [2.45, 2.75) is 116 Å². The molecule has 8 nitrogen and oxygen atoms in total. The fourth-order valence-electron chi connectivity index (χ4n) is 3.17. The molecule has 30 heavy (non-hydrogen) atoms. The normalized spacial score (nSPS) is 12.7. The number of nitrogens with two attached hydrogens (primary N) is 1. The monoisotopic (exact) mass is 427 g/mol. The average Bonchev–Trinajstić information content (AvgIpc) is 2.68. The van der Waals surface area contributed by atoms with E-state index in [1.54, 1.807) is 0 Å². The fourth-order valence-corrected chi connectivity index (χ4v) is 3.17.